The number of carbonyl (C=O) groups is 2. The molecule has 182 valence electrons. The van der Waals surface area contributed by atoms with E-state index in [-0.39, 0.29) is 17.9 Å². The number of carbonyl (C=O) groups excluding carboxylic acids is 2. The fourth-order valence-electron chi connectivity index (χ4n) is 5.51. The van der Waals surface area contributed by atoms with Crippen LogP contribution in [0.1, 0.15) is 92.2 Å². The fourth-order valence-corrected chi connectivity index (χ4v) is 5.51. The summed E-state index contributed by atoms with van der Waals surface area (Å²) >= 11 is 0. The lowest BCUT2D eigenvalue weighted by atomic mass is 9.77. The van der Waals surface area contributed by atoms with E-state index in [0.29, 0.717) is 11.5 Å². The van der Waals surface area contributed by atoms with Crippen molar-refractivity contribution in [3.63, 3.8) is 0 Å². The smallest absolute Gasteiger partial charge is 0.337 e. The lowest BCUT2D eigenvalue weighted by Crippen LogP contribution is -2.43. The Labute approximate surface area is 203 Å². The molecule has 2 saturated carbocycles. The van der Waals surface area contributed by atoms with E-state index in [1.807, 2.05) is 31.2 Å². The molecule has 2 aliphatic rings. The molecule has 1 amide bonds. The highest BCUT2D eigenvalue weighted by atomic mass is 16.5. The average Bonchev–Trinajstić information content (AvgIpc) is 3.39. The maximum atomic E-state index is 13.6. The Morgan fingerprint density at radius 2 is 1.59 bits per heavy atom. The van der Waals surface area contributed by atoms with Crippen molar-refractivity contribution in [2.24, 2.45) is 5.92 Å². The number of hydrogen-bond donors (Lipinski definition) is 1. The van der Waals surface area contributed by atoms with Crippen LogP contribution in [0.2, 0.25) is 0 Å². The van der Waals surface area contributed by atoms with Crippen LogP contribution in [0, 0.1) is 5.92 Å². The summed E-state index contributed by atoms with van der Waals surface area (Å²) in [6.45, 7) is 2.77. The normalized spacial score (nSPS) is 18.8. The summed E-state index contributed by atoms with van der Waals surface area (Å²) in [4.78, 5) is 25.3. The molecule has 1 N–H and O–H groups in total. The molecule has 5 heteroatoms. The largest absolute Gasteiger partial charge is 0.493 e. The first kappa shape index (κ1) is 24.3. The van der Waals surface area contributed by atoms with Crippen molar-refractivity contribution >= 4 is 11.9 Å². The Hall–Kier alpha value is -2.82. The average molecular weight is 464 g/mol. The summed E-state index contributed by atoms with van der Waals surface area (Å²) in [5.41, 5.74) is 2.03. The van der Waals surface area contributed by atoms with Gasteiger partial charge in [0.15, 0.2) is 0 Å². The van der Waals surface area contributed by atoms with Gasteiger partial charge in [-0.15, -0.1) is 0 Å². The minimum atomic E-state index is -0.498. The van der Waals surface area contributed by atoms with Crippen molar-refractivity contribution in [2.75, 3.05) is 13.7 Å². The van der Waals surface area contributed by atoms with Gasteiger partial charge in [0.05, 0.1) is 30.7 Å². The van der Waals surface area contributed by atoms with Crippen LogP contribution in [0.25, 0.3) is 0 Å². The number of amides is 1. The Bertz CT molecular complexity index is 955. The summed E-state index contributed by atoms with van der Waals surface area (Å²) in [6.07, 6.45) is 10.3. The topological polar surface area (TPSA) is 64.6 Å². The van der Waals surface area contributed by atoms with Crippen LogP contribution in [0.5, 0.6) is 5.75 Å². The van der Waals surface area contributed by atoms with E-state index in [2.05, 4.69) is 17.4 Å². The lowest BCUT2D eigenvalue weighted by Gasteiger charge is -2.30. The third kappa shape index (κ3) is 5.45. The van der Waals surface area contributed by atoms with E-state index < -0.39 is 5.41 Å². The molecule has 34 heavy (non-hydrogen) atoms. The zero-order chi connectivity index (χ0) is 24.0. The van der Waals surface area contributed by atoms with E-state index in [9.17, 15) is 9.59 Å². The third-order valence-electron chi connectivity index (χ3n) is 7.69. The van der Waals surface area contributed by atoms with Crippen molar-refractivity contribution in [3.05, 3.63) is 65.2 Å². The van der Waals surface area contributed by atoms with Crippen molar-refractivity contribution in [1.29, 1.82) is 0 Å². The number of ether oxygens (including phenoxy) is 2. The fraction of sp³-hybridized carbons (Fsp3) is 0.517. The molecule has 0 bridgehead atoms. The molecule has 0 radical (unpaired) electrons. The molecule has 5 nitrogen and oxygen atoms in total. The van der Waals surface area contributed by atoms with Crippen LogP contribution in [0.4, 0.5) is 0 Å². The van der Waals surface area contributed by atoms with Gasteiger partial charge in [0, 0.05) is 0 Å². The van der Waals surface area contributed by atoms with E-state index in [4.69, 9.17) is 9.47 Å². The van der Waals surface area contributed by atoms with Gasteiger partial charge >= 0.3 is 5.97 Å². The van der Waals surface area contributed by atoms with Crippen LogP contribution in [0.15, 0.2) is 48.5 Å². The van der Waals surface area contributed by atoms with Crippen LogP contribution < -0.4 is 10.1 Å². The van der Waals surface area contributed by atoms with E-state index >= 15 is 0 Å². The van der Waals surface area contributed by atoms with Crippen LogP contribution in [-0.2, 0) is 14.9 Å². The zero-order valence-corrected chi connectivity index (χ0v) is 20.5. The minimum absolute atomic E-state index is 0.0745. The molecule has 2 aromatic rings. The van der Waals surface area contributed by atoms with Gasteiger partial charge in [0.1, 0.15) is 5.75 Å². The molecule has 0 aromatic heterocycles. The zero-order valence-electron chi connectivity index (χ0n) is 20.5. The van der Waals surface area contributed by atoms with Crippen LogP contribution >= 0.6 is 0 Å². The molecule has 0 unspecified atom stereocenters. The van der Waals surface area contributed by atoms with Gasteiger partial charge in [-0.05, 0) is 73.9 Å². The second-order valence-electron chi connectivity index (χ2n) is 9.94. The van der Waals surface area contributed by atoms with Gasteiger partial charge in [0.25, 0.3) is 0 Å². The molecule has 2 fully saturated rings. The second-order valence-corrected chi connectivity index (χ2v) is 9.94. The second kappa shape index (κ2) is 11.1. The molecule has 2 aliphatic carbocycles. The number of nitrogens with one attached hydrogen (secondary N) is 1. The monoisotopic (exact) mass is 463 g/mol. The van der Waals surface area contributed by atoms with Crippen molar-refractivity contribution in [3.8, 4) is 5.75 Å². The number of methoxy groups -OCH3 is 1. The Morgan fingerprint density at radius 3 is 2.21 bits per heavy atom. The summed E-state index contributed by atoms with van der Waals surface area (Å²) in [5, 5.41) is 3.24. The Balaban J connectivity index is 1.41. The SMILES string of the molecule is COC(=O)c1ccc([C@H](C)NC(=O)C2(c3ccc(OCC4CCCCC4)cc3)CCCC2)cc1. The molecular formula is C29H37NO4. The van der Waals surface area contributed by atoms with Gasteiger partial charge < -0.3 is 14.8 Å². The van der Waals surface area contributed by atoms with Crippen LogP contribution in [0.3, 0.4) is 0 Å². The quantitative estimate of drug-likeness (QED) is 0.479. The predicted molar refractivity (Wildman–Crippen MR) is 133 cm³/mol. The Morgan fingerprint density at radius 1 is 0.941 bits per heavy atom. The summed E-state index contributed by atoms with van der Waals surface area (Å²) in [7, 11) is 1.37. The first-order chi connectivity index (χ1) is 16.5. The molecule has 2 aromatic carbocycles. The highest BCUT2D eigenvalue weighted by Crippen LogP contribution is 2.42. The first-order valence-electron chi connectivity index (χ1n) is 12.7. The van der Waals surface area contributed by atoms with Crippen molar-refractivity contribution in [1.82, 2.24) is 5.32 Å². The highest BCUT2D eigenvalue weighted by Gasteiger charge is 2.43. The van der Waals surface area contributed by atoms with Gasteiger partial charge in [-0.1, -0.05) is 56.4 Å². The van der Waals surface area contributed by atoms with Crippen LogP contribution in [-0.4, -0.2) is 25.6 Å². The Kier molecular flexibility index (Phi) is 7.91. The lowest BCUT2D eigenvalue weighted by molar-refractivity contribution is -0.127. The summed E-state index contributed by atoms with van der Waals surface area (Å²) in [5.74, 6) is 1.27. The van der Waals surface area contributed by atoms with Gasteiger partial charge in [-0.2, -0.15) is 0 Å². The molecule has 0 saturated heterocycles. The standard InChI is InChI=1S/C29H37NO4/c1-21(23-10-12-24(13-11-23)27(31)33-2)30-28(32)29(18-6-7-19-29)25-14-16-26(17-15-25)34-20-22-8-4-3-5-9-22/h10-17,21-22H,3-9,18-20H2,1-2H3,(H,30,32)/t21-/m0/s1. The summed E-state index contributed by atoms with van der Waals surface area (Å²) < 4.78 is 10.8. The predicted octanol–water partition coefficient (Wildman–Crippen LogP) is 6.12. The van der Waals surface area contributed by atoms with Crippen molar-refractivity contribution in [2.45, 2.75) is 76.2 Å². The molecule has 4 rings (SSSR count). The number of rotatable bonds is 8. The van der Waals surface area contributed by atoms with Crippen molar-refractivity contribution < 1.29 is 19.1 Å². The molecule has 1 atom stereocenters. The third-order valence-corrected chi connectivity index (χ3v) is 7.69. The van der Waals surface area contributed by atoms with Gasteiger partial charge in [0.2, 0.25) is 5.91 Å². The number of benzene rings is 2. The molecular weight excluding hydrogens is 426 g/mol. The van der Waals surface area contributed by atoms with E-state index in [0.717, 1.165) is 49.2 Å². The van der Waals surface area contributed by atoms with Gasteiger partial charge in [-0.25, -0.2) is 4.79 Å². The first-order valence-corrected chi connectivity index (χ1v) is 12.7. The summed E-state index contributed by atoms with van der Waals surface area (Å²) in [6, 6.07) is 15.3. The number of hydrogen-bond acceptors (Lipinski definition) is 4. The maximum Gasteiger partial charge on any atom is 0.337 e. The molecule has 0 aliphatic heterocycles. The van der Waals surface area contributed by atoms with E-state index in [1.165, 1.54) is 39.2 Å². The highest BCUT2D eigenvalue weighted by molar-refractivity contribution is 5.90. The number of esters is 1. The molecule has 0 heterocycles. The minimum Gasteiger partial charge on any atom is -0.493 e. The van der Waals surface area contributed by atoms with Gasteiger partial charge in [-0.3, -0.25) is 4.79 Å². The molecule has 0 spiro atoms. The maximum absolute atomic E-state index is 13.6. The van der Waals surface area contributed by atoms with E-state index in [1.54, 1.807) is 12.1 Å².